The summed E-state index contributed by atoms with van der Waals surface area (Å²) in [5, 5.41) is 15.5. The second kappa shape index (κ2) is 10.2. The van der Waals surface area contributed by atoms with Gasteiger partial charge in [0.2, 0.25) is 0 Å². The molecule has 0 saturated carbocycles. The van der Waals surface area contributed by atoms with Crippen LogP contribution in [-0.2, 0) is 0 Å². The van der Waals surface area contributed by atoms with Gasteiger partial charge >= 0.3 is 0 Å². The monoisotopic (exact) mass is 548 g/mol. The van der Waals surface area contributed by atoms with Crippen LogP contribution in [0.5, 0.6) is 0 Å². The first-order chi connectivity index (χ1) is 20.2. The van der Waals surface area contributed by atoms with E-state index in [0.717, 1.165) is 68.5 Å². The molecule has 3 bridgehead atoms. The van der Waals surface area contributed by atoms with Crippen LogP contribution in [0.3, 0.4) is 0 Å². The summed E-state index contributed by atoms with van der Waals surface area (Å²) in [6.07, 6.45) is 25.2. The Balaban J connectivity index is 1.35. The van der Waals surface area contributed by atoms with E-state index in [9.17, 15) is 5.11 Å². The summed E-state index contributed by atoms with van der Waals surface area (Å²) in [5.74, 6) is 0.385. The minimum atomic E-state index is -0.898. The number of hydrogen-bond donors (Lipinski definition) is 2. The zero-order valence-electron chi connectivity index (χ0n) is 24.3. The normalized spacial score (nSPS) is 37.6. The molecule has 5 nitrogen and oxygen atoms in total. The van der Waals surface area contributed by atoms with Crippen molar-refractivity contribution in [3.63, 3.8) is 0 Å². The number of para-hydroxylation sites is 1. The van der Waals surface area contributed by atoms with Crippen LogP contribution in [0.4, 0.5) is 0 Å². The van der Waals surface area contributed by atoms with Crippen molar-refractivity contribution < 1.29 is 5.11 Å². The highest BCUT2D eigenvalue weighted by Crippen LogP contribution is 2.61. The molecule has 1 aliphatic carbocycles. The minimum absolute atomic E-state index is 0.00403. The molecule has 4 aliphatic heterocycles. The smallest absolute Gasteiger partial charge is 0.0998 e. The first-order valence-electron chi connectivity index (χ1n) is 16.3. The van der Waals surface area contributed by atoms with Gasteiger partial charge in [0, 0.05) is 40.5 Å². The molecule has 41 heavy (non-hydrogen) atoms. The fraction of sp³-hybridized carbons (Fsp3) is 0.528. The van der Waals surface area contributed by atoms with Gasteiger partial charge in [-0.05, 0) is 114 Å². The molecule has 214 valence electrons. The van der Waals surface area contributed by atoms with Crippen molar-refractivity contribution in [1.29, 1.82) is 0 Å². The maximum atomic E-state index is 13.1. The van der Waals surface area contributed by atoms with Gasteiger partial charge in [0.25, 0.3) is 0 Å². The number of aromatic nitrogens is 2. The first kappa shape index (κ1) is 25.9. The molecule has 6 heterocycles. The van der Waals surface area contributed by atoms with Crippen molar-refractivity contribution in [2.75, 3.05) is 26.2 Å². The molecule has 0 radical (unpaired) electrons. The van der Waals surface area contributed by atoms with Crippen molar-refractivity contribution in [1.82, 2.24) is 19.8 Å². The zero-order chi connectivity index (χ0) is 27.4. The van der Waals surface area contributed by atoms with Gasteiger partial charge in [-0.3, -0.25) is 9.88 Å². The van der Waals surface area contributed by atoms with Gasteiger partial charge in [0.05, 0.1) is 22.9 Å². The Labute approximate surface area is 244 Å². The Morgan fingerprint density at radius 2 is 1.76 bits per heavy atom. The van der Waals surface area contributed by atoms with Gasteiger partial charge in [0.1, 0.15) is 0 Å². The summed E-state index contributed by atoms with van der Waals surface area (Å²) in [5.41, 5.74) is 3.74. The van der Waals surface area contributed by atoms with Crippen LogP contribution in [-0.4, -0.2) is 68.7 Å². The van der Waals surface area contributed by atoms with Crippen molar-refractivity contribution >= 4 is 27.4 Å². The van der Waals surface area contributed by atoms with E-state index >= 15 is 0 Å². The maximum absolute atomic E-state index is 13.1. The summed E-state index contributed by atoms with van der Waals surface area (Å²) < 4.78 is 0. The summed E-state index contributed by atoms with van der Waals surface area (Å²) in [4.78, 5) is 14.4. The number of rotatable bonds is 1. The van der Waals surface area contributed by atoms with E-state index in [4.69, 9.17) is 4.98 Å². The average molecular weight is 549 g/mol. The highest BCUT2D eigenvalue weighted by atomic mass is 16.3. The fourth-order valence-electron chi connectivity index (χ4n) is 9.59. The lowest BCUT2D eigenvalue weighted by Crippen LogP contribution is -2.65. The Hall–Kier alpha value is -2.73. The highest BCUT2D eigenvalue weighted by molar-refractivity contribution is 6.09. The third kappa shape index (κ3) is 4.18. The molecule has 1 spiro atoms. The second-order valence-electron chi connectivity index (χ2n) is 13.5. The Kier molecular flexibility index (Phi) is 6.46. The van der Waals surface area contributed by atoms with Gasteiger partial charge in [-0.15, -0.1) is 0 Å². The van der Waals surface area contributed by atoms with E-state index in [1.165, 1.54) is 55.0 Å². The molecular weight excluding hydrogens is 504 g/mol. The molecule has 8 rings (SSSR count). The number of piperidine rings is 1. The van der Waals surface area contributed by atoms with Crippen LogP contribution in [0.25, 0.3) is 27.4 Å². The predicted octanol–water partition coefficient (Wildman–Crippen LogP) is 6.86. The molecule has 3 aromatic rings. The van der Waals surface area contributed by atoms with Crippen molar-refractivity contribution in [3.05, 3.63) is 72.6 Å². The van der Waals surface area contributed by atoms with E-state index in [2.05, 4.69) is 75.5 Å². The third-order valence-electron chi connectivity index (χ3n) is 11.2. The number of benzene rings is 1. The van der Waals surface area contributed by atoms with E-state index < -0.39 is 5.60 Å². The van der Waals surface area contributed by atoms with E-state index in [1.54, 1.807) is 0 Å². The lowest BCUT2D eigenvalue weighted by atomic mass is 9.54. The molecule has 2 saturated heterocycles. The molecule has 1 aromatic carbocycles. The molecule has 2 aromatic heterocycles. The number of H-pyrrole nitrogens is 1. The zero-order valence-corrected chi connectivity index (χ0v) is 24.3. The van der Waals surface area contributed by atoms with E-state index in [1.807, 2.05) is 6.20 Å². The highest BCUT2D eigenvalue weighted by Gasteiger charge is 2.65. The summed E-state index contributed by atoms with van der Waals surface area (Å²) >= 11 is 0. The Bertz CT molecular complexity index is 1530. The number of hydrogen-bond acceptors (Lipinski definition) is 4. The number of aliphatic hydroxyl groups is 1. The van der Waals surface area contributed by atoms with Crippen LogP contribution in [0.15, 0.2) is 66.9 Å². The number of aromatic amines is 1. The van der Waals surface area contributed by atoms with Crippen molar-refractivity contribution in [3.8, 4) is 0 Å². The number of nitrogens with one attached hydrogen (secondary N) is 1. The first-order valence-corrected chi connectivity index (χ1v) is 16.3. The standard InChI is InChI=1S/C36H44N4O/c41-36-18-10-4-1-2-5-11-20-39-22-17-30(35(25-39)23-26-13-7-3-6-12-21-40(26)34(35)36)29(24-36)32-33-28(16-19-37-32)27-14-8-9-15-31(27)38-33/h1,4,7-9,13-16,19,24,26,30,34,38,41H,2-3,5-6,10-12,17-18,20-23,25H2/b4-1-,13-7-/t26-,30-,34?,35-,36-/m0/s1. The lowest BCUT2D eigenvalue weighted by molar-refractivity contribution is -0.0894. The SMILES string of the molecule is O[C@]12C=C(c3nccc4c3[nH]c3ccccc34)[C@@H]3CCN(CCCC/C=C\CC1)C[C@@]31C[C@@H]3/C=C\CCCCN3C12. The van der Waals surface area contributed by atoms with Crippen molar-refractivity contribution in [2.24, 2.45) is 11.3 Å². The maximum Gasteiger partial charge on any atom is 0.0998 e. The molecule has 2 fully saturated rings. The van der Waals surface area contributed by atoms with Crippen LogP contribution < -0.4 is 0 Å². The summed E-state index contributed by atoms with van der Waals surface area (Å²) in [6.45, 7) is 4.47. The Morgan fingerprint density at radius 3 is 2.71 bits per heavy atom. The molecule has 6 atom stereocenters. The molecule has 2 unspecified atom stereocenters. The molecule has 5 heteroatoms. The number of nitrogens with zero attached hydrogens (tertiary/aromatic N) is 3. The second-order valence-corrected chi connectivity index (χ2v) is 13.5. The number of pyridine rings is 1. The average Bonchev–Trinajstić information content (AvgIpc) is 3.49. The minimum Gasteiger partial charge on any atom is -0.384 e. The van der Waals surface area contributed by atoms with Crippen molar-refractivity contribution in [2.45, 2.75) is 81.9 Å². The van der Waals surface area contributed by atoms with Crippen LogP contribution in [0, 0.1) is 11.3 Å². The predicted molar refractivity (Wildman–Crippen MR) is 168 cm³/mol. The van der Waals surface area contributed by atoms with Crippen LogP contribution in [0.1, 0.15) is 69.9 Å². The quantitative estimate of drug-likeness (QED) is 0.326. The fourth-order valence-corrected chi connectivity index (χ4v) is 9.59. The van der Waals surface area contributed by atoms with E-state index in [0.29, 0.717) is 12.0 Å². The van der Waals surface area contributed by atoms with Crippen LogP contribution in [0.2, 0.25) is 0 Å². The summed E-state index contributed by atoms with van der Waals surface area (Å²) in [6, 6.07) is 11.3. The summed E-state index contributed by atoms with van der Waals surface area (Å²) in [7, 11) is 0. The lowest BCUT2D eigenvalue weighted by Gasteiger charge is -2.58. The topological polar surface area (TPSA) is 55.4 Å². The number of fused-ring (bicyclic) bond motifs is 5. The van der Waals surface area contributed by atoms with Gasteiger partial charge < -0.3 is 15.0 Å². The largest absolute Gasteiger partial charge is 0.384 e. The molecule has 0 amide bonds. The molecule has 2 N–H and O–H groups in total. The van der Waals surface area contributed by atoms with E-state index in [-0.39, 0.29) is 11.5 Å². The van der Waals surface area contributed by atoms with Gasteiger partial charge in [-0.1, -0.05) is 42.5 Å². The van der Waals surface area contributed by atoms with Gasteiger partial charge in [0.15, 0.2) is 0 Å². The Morgan fingerprint density at radius 1 is 0.902 bits per heavy atom. The molecular formula is C36H44N4O. The number of allylic oxidation sites excluding steroid dienone is 4. The molecule has 5 aliphatic rings. The van der Waals surface area contributed by atoms with Gasteiger partial charge in [-0.25, -0.2) is 0 Å². The van der Waals surface area contributed by atoms with Gasteiger partial charge in [-0.2, -0.15) is 0 Å². The van der Waals surface area contributed by atoms with Crippen LogP contribution >= 0.6 is 0 Å². The third-order valence-corrected chi connectivity index (χ3v) is 11.2.